The van der Waals surface area contributed by atoms with Gasteiger partial charge in [-0.1, -0.05) is 0 Å². The SMILES string of the molecule is N#Cc1c(Br)cnc(N=CNO)c1I. The molecular formula is C7H4BrIN4O. The number of hydrogen-bond acceptors (Lipinski definition) is 4. The van der Waals surface area contributed by atoms with E-state index >= 15 is 0 Å². The number of nitrogens with one attached hydrogen (secondary N) is 1. The Bertz CT molecular complexity index is 415. The maximum atomic E-state index is 8.82. The van der Waals surface area contributed by atoms with Crippen LogP contribution in [0.1, 0.15) is 5.56 Å². The highest BCUT2D eigenvalue weighted by Crippen LogP contribution is 2.27. The Morgan fingerprint density at radius 1 is 1.79 bits per heavy atom. The molecule has 0 radical (unpaired) electrons. The summed E-state index contributed by atoms with van der Waals surface area (Å²) in [6.45, 7) is 0. The van der Waals surface area contributed by atoms with Gasteiger partial charge in [-0.2, -0.15) is 5.26 Å². The zero-order valence-corrected chi connectivity index (χ0v) is 10.4. The first-order chi connectivity index (χ1) is 6.70. The molecule has 0 aliphatic rings. The lowest BCUT2D eigenvalue weighted by Crippen LogP contribution is -2.01. The van der Waals surface area contributed by atoms with Crippen molar-refractivity contribution in [3.63, 3.8) is 0 Å². The first-order valence-electron chi connectivity index (χ1n) is 3.37. The van der Waals surface area contributed by atoms with E-state index in [2.05, 4.69) is 25.9 Å². The summed E-state index contributed by atoms with van der Waals surface area (Å²) in [5.41, 5.74) is 2.24. The van der Waals surface area contributed by atoms with Crippen LogP contribution >= 0.6 is 38.5 Å². The van der Waals surface area contributed by atoms with Crippen molar-refractivity contribution in [3.8, 4) is 6.07 Å². The van der Waals surface area contributed by atoms with Crippen molar-refractivity contribution in [1.82, 2.24) is 10.5 Å². The van der Waals surface area contributed by atoms with Gasteiger partial charge in [0.2, 0.25) is 0 Å². The highest BCUT2D eigenvalue weighted by molar-refractivity contribution is 14.1. The fraction of sp³-hybridized carbons (Fsp3) is 0. The third kappa shape index (κ3) is 2.40. The van der Waals surface area contributed by atoms with Gasteiger partial charge < -0.3 is 0 Å². The number of nitrogens with zero attached hydrogens (tertiary/aromatic N) is 3. The van der Waals surface area contributed by atoms with Gasteiger partial charge >= 0.3 is 0 Å². The molecule has 0 bridgehead atoms. The lowest BCUT2D eigenvalue weighted by Gasteiger charge is -2.00. The molecule has 0 saturated heterocycles. The second-order valence-electron chi connectivity index (χ2n) is 2.12. The van der Waals surface area contributed by atoms with Gasteiger partial charge in [0.1, 0.15) is 12.4 Å². The van der Waals surface area contributed by atoms with Crippen molar-refractivity contribution < 1.29 is 5.21 Å². The van der Waals surface area contributed by atoms with Gasteiger partial charge in [-0.3, -0.25) is 10.7 Å². The minimum Gasteiger partial charge on any atom is -0.290 e. The van der Waals surface area contributed by atoms with E-state index in [1.807, 2.05) is 28.7 Å². The maximum absolute atomic E-state index is 8.82. The average Bonchev–Trinajstić information content (AvgIpc) is 2.18. The maximum Gasteiger partial charge on any atom is 0.168 e. The summed E-state index contributed by atoms with van der Waals surface area (Å²) in [4.78, 5) is 7.77. The number of aliphatic imine (C=N–C) groups is 1. The topological polar surface area (TPSA) is 81.3 Å². The van der Waals surface area contributed by atoms with Crippen molar-refractivity contribution in [2.24, 2.45) is 4.99 Å². The van der Waals surface area contributed by atoms with Crippen LogP contribution in [0.25, 0.3) is 0 Å². The van der Waals surface area contributed by atoms with Crippen LogP contribution < -0.4 is 5.48 Å². The molecule has 2 N–H and O–H groups in total. The van der Waals surface area contributed by atoms with Gasteiger partial charge in [0.15, 0.2) is 5.82 Å². The molecule has 1 aromatic rings. The number of aromatic nitrogens is 1. The van der Waals surface area contributed by atoms with Gasteiger partial charge in [0.05, 0.1) is 13.6 Å². The van der Waals surface area contributed by atoms with Crippen molar-refractivity contribution in [3.05, 3.63) is 19.8 Å². The highest BCUT2D eigenvalue weighted by Gasteiger charge is 2.09. The van der Waals surface area contributed by atoms with E-state index in [0.29, 0.717) is 19.4 Å². The third-order valence-electron chi connectivity index (χ3n) is 1.31. The molecule has 0 fully saturated rings. The predicted octanol–water partition coefficient (Wildman–Crippen LogP) is 1.96. The molecule has 0 unspecified atom stereocenters. The number of nitriles is 1. The standard InChI is InChI=1S/C7H4BrIN4O/c8-5-2-11-7(12-3-13-14)6(9)4(5)1-10/h2-3,14H,(H,11,12,13). The van der Waals surface area contributed by atoms with E-state index in [-0.39, 0.29) is 0 Å². The molecule has 0 aromatic carbocycles. The lowest BCUT2D eigenvalue weighted by atomic mass is 10.3. The van der Waals surface area contributed by atoms with Crippen LogP contribution in [0.3, 0.4) is 0 Å². The van der Waals surface area contributed by atoms with Gasteiger partial charge in [0, 0.05) is 6.20 Å². The number of halogens is 2. The second-order valence-corrected chi connectivity index (χ2v) is 4.05. The summed E-state index contributed by atoms with van der Waals surface area (Å²) < 4.78 is 1.26. The van der Waals surface area contributed by atoms with Crippen LogP contribution in [0.5, 0.6) is 0 Å². The molecule has 5 nitrogen and oxygen atoms in total. The largest absolute Gasteiger partial charge is 0.290 e. The Kier molecular flexibility index (Phi) is 4.24. The van der Waals surface area contributed by atoms with Crippen LogP contribution in [0.4, 0.5) is 5.82 Å². The molecule has 72 valence electrons. The minimum atomic E-state index is 0.381. The van der Waals surface area contributed by atoms with Crippen LogP contribution in [-0.4, -0.2) is 16.5 Å². The Hall–Kier alpha value is -0.720. The Morgan fingerprint density at radius 3 is 3.07 bits per heavy atom. The van der Waals surface area contributed by atoms with E-state index < -0.39 is 0 Å². The van der Waals surface area contributed by atoms with E-state index in [9.17, 15) is 0 Å². The van der Waals surface area contributed by atoms with E-state index in [1.165, 1.54) is 6.20 Å². The molecule has 1 rings (SSSR count). The monoisotopic (exact) mass is 366 g/mol. The molecule has 0 atom stereocenters. The van der Waals surface area contributed by atoms with Crippen LogP contribution in [-0.2, 0) is 0 Å². The van der Waals surface area contributed by atoms with Crippen molar-refractivity contribution in [2.45, 2.75) is 0 Å². The smallest absolute Gasteiger partial charge is 0.168 e. The first kappa shape index (κ1) is 11.4. The molecule has 0 amide bonds. The predicted molar refractivity (Wildman–Crippen MR) is 62.4 cm³/mol. The average molecular weight is 367 g/mol. The highest BCUT2D eigenvalue weighted by atomic mass is 127. The molecule has 0 spiro atoms. The minimum absolute atomic E-state index is 0.381. The first-order valence-corrected chi connectivity index (χ1v) is 5.24. The summed E-state index contributed by atoms with van der Waals surface area (Å²) in [5.74, 6) is 0.381. The molecule has 0 aliphatic heterocycles. The van der Waals surface area contributed by atoms with Gasteiger partial charge in [-0.25, -0.2) is 9.98 Å². The van der Waals surface area contributed by atoms with Crippen LogP contribution in [0, 0.1) is 14.9 Å². The number of rotatable bonds is 2. The number of hydrogen-bond donors (Lipinski definition) is 2. The van der Waals surface area contributed by atoms with E-state index in [1.54, 1.807) is 5.48 Å². The number of hydroxylamine groups is 1. The van der Waals surface area contributed by atoms with Crippen molar-refractivity contribution >= 4 is 50.7 Å². The molecular weight excluding hydrogens is 363 g/mol. The number of pyridine rings is 1. The summed E-state index contributed by atoms with van der Waals surface area (Å²) >= 11 is 5.17. The van der Waals surface area contributed by atoms with Crippen LogP contribution in [0.2, 0.25) is 0 Å². The lowest BCUT2D eigenvalue weighted by molar-refractivity contribution is 0.240. The van der Waals surface area contributed by atoms with Gasteiger partial charge in [-0.15, -0.1) is 0 Å². The summed E-state index contributed by atoms with van der Waals surface area (Å²) in [6.07, 6.45) is 2.57. The summed E-state index contributed by atoms with van der Waals surface area (Å²) in [5, 5.41) is 17.1. The fourth-order valence-corrected chi connectivity index (χ4v) is 2.19. The zero-order valence-electron chi connectivity index (χ0n) is 6.70. The fourth-order valence-electron chi connectivity index (χ4n) is 0.738. The normalized spacial score (nSPS) is 10.1. The van der Waals surface area contributed by atoms with E-state index in [0.717, 1.165) is 6.34 Å². The van der Waals surface area contributed by atoms with Gasteiger partial charge in [0.25, 0.3) is 0 Å². The molecule has 1 aromatic heterocycles. The molecule has 7 heteroatoms. The van der Waals surface area contributed by atoms with Crippen molar-refractivity contribution in [1.29, 1.82) is 5.26 Å². The zero-order chi connectivity index (χ0) is 10.6. The quantitative estimate of drug-likeness (QED) is 0.363. The molecule has 1 heterocycles. The molecule has 14 heavy (non-hydrogen) atoms. The van der Waals surface area contributed by atoms with Crippen LogP contribution in [0.15, 0.2) is 15.7 Å². The second kappa shape index (κ2) is 5.23. The summed E-state index contributed by atoms with van der Waals surface area (Å²) in [7, 11) is 0. The Labute approximate surface area is 102 Å². The van der Waals surface area contributed by atoms with E-state index in [4.69, 9.17) is 10.5 Å². The van der Waals surface area contributed by atoms with Gasteiger partial charge in [-0.05, 0) is 38.5 Å². The third-order valence-corrected chi connectivity index (χ3v) is 2.93. The Balaban J connectivity index is 3.23. The molecule has 0 aliphatic carbocycles. The Morgan fingerprint density at radius 2 is 2.50 bits per heavy atom. The van der Waals surface area contributed by atoms with Crippen molar-refractivity contribution in [2.75, 3.05) is 0 Å². The molecule has 0 saturated carbocycles. The summed E-state index contributed by atoms with van der Waals surface area (Å²) in [6, 6.07) is 2.03.